The smallest absolute Gasteiger partial charge is 0.396 e. The van der Waals surface area contributed by atoms with Gasteiger partial charge >= 0.3 is 23.7 Å². The highest BCUT2D eigenvalue weighted by atomic mass is 32.2. The van der Waals surface area contributed by atoms with Gasteiger partial charge in [0.05, 0.1) is 31.7 Å². The fraction of sp³-hybridized carbons (Fsp3) is 0.304. The Bertz CT molecular complexity index is 1130. The Hall–Kier alpha value is -3.67. The third-order valence-corrected chi connectivity index (χ3v) is 6.20. The molecular weight excluding hydrogens is 484 g/mol. The lowest BCUT2D eigenvalue weighted by Crippen LogP contribution is -2.34. The molecule has 0 bridgehead atoms. The lowest BCUT2D eigenvalue weighted by Gasteiger charge is -2.28. The summed E-state index contributed by atoms with van der Waals surface area (Å²) in [5, 5.41) is 7.67. The van der Waals surface area contributed by atoms with Gasteiger partial charge in [-0.15, -0.1) is 0 Å². The van der Waals surface area contributed by atoms with Crippen LogP contribution in [0.3, 0.4) is 0 Å². The van der Waals surface area contributed by atoms with Gasteiger partial charge in [0.2, 0.25) is 0 Å². The number of ether oxygens (including phenoxy) is 3. The SMILES string of the molecule is CCC1SC(=O)N(Cc2ccc(NC(=O)C(=O)OC)cc2)N=C1c1ccc(OC)c(OC(F)F)c1. The molecule has 1 aliphatic heterocycles. The van der Waals surface area contributed by atoms with E-state index in [9.17, 15) is 23.2 Å². The zero-order chi connectivity index (χ0) is 25.5. The summed E-state index contributed by atoms with van der Waals surface area (Å²) in [6, 6.07) is 11.1. The van der Waals surface area contributed by atoms with Crippen LogP contribution in [0, 0.1) is 0 Å². The molecule has 0 fully saturated rings. The summed E-state index contributed by atoms with van der Waals surface area (Å²) in [6.45, 7) is -0.993. The Balaban J connectivity index is 1.84. The minimum absolute atomic E-state index is 0.129. The van der Waals surface area contributed by atoms with E-state index in [-0.39, 0.29) is 28.5 Å². The maximum Gasteiger partial charge on any atom is 0.396 e. The molecule has 3 rings (SSSR count). The predicted octanol–water partition coefficient (Wildman–Crippen LogP) is 4.26. The maximum absolute atomic E-state index is 12.9. The molecule has 1 unspecified atom stereocenters. The standard InChI is InChI=1S/C23H23F2N3O6S/c1-4-18-19(14-7-10-16(32-2)17(11-14)34-22(24)25)27-28(23(31)35-18)12-13-5-8-15(9-6-13)26-20(29)21(30)33-3/h5-11,18,22H,4,12H2,1-3H3,(H,26,29). The van der Waals surface area contributed by atoms with Crippen LogP contribution in [0.15, 0.2) is 47.6 Å². The first-order chi connectivity index (χ1) is 16.7. The van der Waals surface area contributed by atoms with Gasteiger partial charge in [-0.3, -0.25) is 9.59 Å². The zero-order valence-electron chi connectivity index (χ0n) is 19.1. The van der Waals surface area contributed by atoms with E-state index >= 15 is 0 Å². The average molecular weight is 508 g/mol. The van der Waals surface area contributed by atoms with Crippen molar-refractivity contribution in [3.05, 3.63) is 53.6 Å². The van der Waals surface area contributed by atoms with E-state index in [4.69, 9.17) is 4.74 Å². The number of thioether (sulfide) groups is 1. The summed E-state index contributed by atoms with van der Waals surface area (Å²) in [6.07, 6.45) is 0.592. The number of esters is 1. The maximum atomic E-state index is 12.9. The van der Waals surface area contributed by atoms with Crippen LogP contribution in [-0.4, -0.2) is 53.9 Å². The highest BCUT2D eigenvalue weighted by Crippen LogP contribution is 2.34. The number of amides is 2. The van der Waals surface area contributed by atoms with Crippen LogP contribution in [0.2, 0.25) is 0 Å². The van der Waals surface area contributed by atoms with Gasteiger partial charge in [-0.1, -0.05) is 30.8 Å². The monoisotopic (exact) mass is 507 g/mol. The number of hydrazone groups is 1. The van der Waals surface area contributed by atoms with Crippen LogP contribution in [-0.2, 0) is 20.9 Å². The van der Waals surface area contributed by atoms with E-state index in [1.807, 2.05) is 6.92 Å². The number of hydrogen-bond donors (Lipinski definition) is 1. The number of benzene rings is 2. The van der Waals surface area contributed by atoms with Crippen molar-refractivity contribution < 1.29 is 37.4 Å². The van der Waals surface area contributed by atoms with Gasteiger partial charge in [-0.05, 0) is 42.3 Å². The van der Waals surface area contributed by atoms with Crippen LogP contribution in [0.1, 0.15) is 24.5 Å². The van der Waals surface area contributed by atoms with E-state index in [1.165, 1.54) is 24.3 Å². The molecule has 2 aromatic carbocycles. The van der Waals surface area contributed by atoms with E-state index < -0.39 is 18.5 Å². The molecule has 0 radical (unpaired) electrons. The number of alkyl halides is 2. The first-order valence-electron chi connectivity index (χ1n) is 10.4. The van der Waals surface area contributed by atoms with Crippen molar-refractivity contribution in [1.82, 2.24) is 5.01 Å². The van der Waals surface area contributed by atoms with Gasteiger partial charge in [-0.25, -0.2) is 9.80 Å². The van der Waals surface area contributed by atoms with Crippen molar-refractivity contribution >= 4 is 40.3 Å². The Morgan fingerprint density at radius 3 is 2.46 bits per heavy atom. The molecule has 2 amide bonds. The third kappa shape index (κ3) is 6.47. The second kappa shape index (κ2) is 11.6. The molecule has 0 saturated carbocycles. The van der Waals surface area contributed by atoms with Gasteiger partial charge in [0, 0.05) is 11.3 Å². The highest BCUT2D eigenvalue weighted by Gasteiger charge is 2.31. The molecular formula is C23H23F2N3O6S. The number of nitrogens with zero attached hydrogens (tertiary/aromatic N) is 2. The molecule has 0 aromatic heterocycles. The summed E-state index contributed by atoms with van der Waals surface area (Å²) >= 11 is 1.09. The largest absolute Gasteiger partial charge is 0.493 e. The number of nitrogens with one attached hydrogen (secondary N) is 1. The minimum atomic E-state index is -3.03. The highest BCUT2D eigenvalue weighted by molar-refractivity contribution is 8.14. The van der Waals surface area contributed by atoms with Crippen LogP contribution < -0.4 is 14.8 Å². The van der Waals surface area contributed by atoms with Crippen LogP contribution >= 0.6 is 11.8 Å². The number of rotatable bonds is 8. The Morgan fingerprint density at radius 2 is 1.86 bits per heavy atom. The molecule has 9 nitrogen and oxygen atoms in total. The number of carbonyl (C=O) groups is 3. The fourth-order valence-electron chi connectivity index (χ4n) is 3.26. The van der Waals surface area contributed by atoms with Gasteiger partial charge in [0.25, 0.3) is 0 Å². The number of carbonyl (C=O) groups excluding carboxylic acids is 3. The number of methoxy groups -OCH3 is 2. The van der Waals surface area contributed by atoms with Gasteiger partial charge in [-0.2, -0.15) is 13.9 Å². The van der Waals surface area contributed by atoms with Crippen molar-refractivity contribution in [2.45, 2.75) is 31.8 Å². The van der Waals surface area contributed by atoms with E-state index in [0.717, 1.165) is 18.9 Å². The third-order valence-electron chi connectivity index (χ3n) is 4.95. The lowest BCUT2D eigenvalue weighted by molar-refractivity contribution is -0.150. The molecule has 1 heterocycles. The van der Waals surface area contributed by atoms with Crippen molar-refractivity contribution in [2.24, 2.45) is 5.10 Å². The number of hydrogen-bond acceptors (Lipinski definition) is 8. The zero-order valence-corrected chi connectivity index (χ0v) is 19.9. The number of anilines is 1. The summed E-state index contributed by atoms with van der Waals surface area (Å²) in [5.41, 5.74) is 2.16. The van der Waals surface area contributed by atoms with Crippen molar-refractivity contribution in [3.63, 3.8) is 0 Å². The summed E-state index contributed by atoms with van der Waals surface area (Å²) in [4.78, 5) is 35.6. The summed E-state index contributed by atoms with van der Waals surface area (Å²) in [7, 11) is 2.46. The van der Waals surface area contributed by atoms with E-state index in [2.05, 4.69) is 19.9 Å². The molecule has 0 saturated heterocycles. The molecule has 1 aliphatic rings. The molecule has 0 aliphatic carbocycles. The fourth-order valence-corrected chi connectivity index (χ4v) is 4.19. The topological polar surface area (TPSA) is 107 Å². The van der Waals surface area contributed by atoms with Crippen LogP contribution in [0.25, 0.3) is 0 Å². The molecule has 1 atom stereocenters. The van der Waals surface area contributed by atoms with Crippen LogP contribution in [0.5, 0.6) is 11.5 Å². The number of halogens is 2. The second-order valence-corrected chi connectivity index (χ2v) is 8.36. The van der Waals surface area contributed by atoms with E-state index in [0.29, 0.717) is 28.9 Å². The minimum Gasteiger partial charge on any atom is -0.493 e. The van der Waals surface area contributed by atoms with Crippen molar-refractivity contribution in [1.29, 1.82) is 0 Å². The first kappa shape index (κ1) is 25.9. The molecule has 35 heavy (non-hydrogen) atoms. The summed E-state index contributed by atoms with van der Waals surface area (Å²) < 4.78 is 39.7. The second-order valence-electron chi connectivity index (χ2n) is 7.21. The Morgan fingerprint density at radius 1 is 1.14 bits per heavy atom. The van der Waals surface area contributed by atoms with Crippen molar-refractivity contribution in [3.8, 4) is 11.5 Å². The quantitative estimate of drug-likeness (QED) is 0.420. The molecule has 1 N–H and O–H groups in total. The molecule has 186 valence electrons. The van der Waals surface area contributed by atoms with Crippen molar-refractivity contribution in [2.75, 3.05) is 19.5 Å². The molecule has 12 heteroatoms. The van der Waals surface area contributed by atoms with Gasteiger partial charge in [0.15, 0.2) is 11.5 Å². The molecule has 0 spiro atoms. The normalized spacial score (nSPS) is 15.5. The lowest BCUT2D eigenvalue weighted by atomic mass is 10.0. The van der Waals surface area contributed by atoms with E-state index in [1.54, 1.807) is 30.3 Å². The first-order valence-corrected chi connectivity index (χ1v) is 11.3. The average Bonchev–Trinajstić information content (AvgIpc) is 2.85. The van der Waals surface area contributed by atoms with Gasteiger partial charge < -0.3 is 19.5 Å². The van der Waals surface area contributed by atoms with Gasteiger partial charge in [0.1, 0.15) is 0 Å². The summed E-state index contributed by atoms with van der Waals surface area (Å²) in [5.74, 6) is -1.90. The molecule has 2 aromatic rings. The predicted molar refractivity (Wildman–Crippen MR) is 126 cm³/mol. The Labute approximate surface area is 204 Å². The Kier molecular flexibility index (Phi) is 8.63. The van der Waals surface area contributed by atoms with Crippen LogP contribution in [0.4, 0.5) is 19.3 Å².